The maximum Gasteiger partial charge on any atom is 0.272 e. The van der Waals surface area contributed by atoms with Crippen LogP contribution in [0.5, 0.6) is 0 Å². The molecule has 0 radical (unpaired) electrons. The highest BCUT2D eigenvalue weighted by Gasteiger charge is 2.06. The number of furan rings is 1. The third-order valence-electron chi connectivity index (χ3n) is 3.08. The maximum atomic E-state index is 11.9. The fourth-order valence-corrected chi connectivity index (χ4v) is 2.58. The number of nitrogens with zero attached hydrogens (tertiary/aromatic N) is 2. The summed E-state index contributed by atoms with van der Waals surface area (Å²) in [6.07, 6.45) is 4.52. The molecular weight excluding hydrogens is 438 g/mol. The third-order valence-corrected chi connectivity index (χ3v) is 4.04. The van der Waals surface area contributed by atoms with Crippen molar-refractivity contribution in [2.24, 2.45) is 5.10 Å². The molecule has 1 aromatic carbocycles. The lowest BCUT2D eigenvalue weighted by Gasteiger charge is -1.99. The first-order chi connectivity index (χ1) is 11.6. The van der Waals surface area contributed by atoms with Gasteiger partial charge < -0.3 is 4.42 Å². The van der Waals surface area contributed by atoms with Gasteiger partial charge in [0.2, 0.25) is 0 Å². The fraction of sp³-hybridized carbons (Fsp3) is 0. The van der Waals surface area contributed by atoms with Crippen LogP contribution >= 0.6 is 31.9 Å². The Morgan fingerprint density at radius 2 is 1.88 bits per heavy atom. The summed E-state index contributed by atoms with van der Waals surface area (Å²) < 4.78 is 7.41. The molecule has 2 heterocycles. The van der Waals surface area contributed by atoms with Crippen LogP contribution in [0, 0.1) is 0 Å². The fourth-order valence-electron chi connectivity index (χ4n) is 1.95. The van der Waals surface area contributed by atoms with Crippen molar-refractivity contribution in [3.05, 3.63) is 75.1 Å². The summed E-state index contributed by atoms with van der Waals surface area (Å²) >= 11 is 6.66. The number of carbonyl (C=O) groups excluding carboxylic acids is 1. The van der Waals surface area contributed by atoms with Crippen molar-refractivity contribution in [3.8, 4) is 11.3 Å². The first-order valence-electron chi connectivity index (χ1n) is 6.91. The van der Waals surface area contributed by atoms with E-state index in [2.05, 4.69) is 47.4 Å². The van der Waals surface area contributed by atoms with Crippen LogP contribution in [0.25, 0.3) is 11.3 Å². The van der Waals surface area contributed by atoms with E-state index in [9.17, 15) is 4.79 Å². The highest BCUT2D eigenvalue weighted by atomic mass is 79.9. The van der Waals surface area contributed by atoms with E-state index < -0.39 is 0 Å². The number of pyridine rings is 1. The number of aromatic nitrogens is 1. The summed E-state index contributed by atoms with van der Waals surface area (Å²) in [5.41, 5.74) is 3.81. The largest absolute Gasteiger partial charge is 0.455 e. The highest BCUT2D eigenvalue weighted by molar-refractivity contribution is 9.10. The van der Waals surface area contributed by atoms with Crippen LogP contribution in [0.1, 0.15) is 16.1 Å². The summed E-state index contributed by atoms with van der Waals surface area (Å²) in [5, 5.41) is 3.90. The Labute approximate surface area is 155 Å². The lowest BCUT2D eigenvalue weighted by atomic mass is 10.2. The second-order valence-corrected chi connectivity index (χ2v) is 6.63. The zero-order chi connectivity index (χ0) is 16.9. The van der Waals surface area contributed by atoms with Gasteiger partial charge in [0, 0.05) is 26.9 Å². The van der Waals surface area contributed by atoms with Crippen molar-refractivity contribution >= 4 is 44.0 Å². The Balaban J connectivity index is 1.65. The van der Waals surface area contributed by atoms with Gasteiger partial charge in [-0.05, 0) is 46.3 Å². The van der Waals surface area contributed by atoms with E-state index in [1.54, 1.807) is 18.3 Å². The van der Waals surface area contributed by atoms with Crippen LogP contribution in [-0.2, 0) is 0 Å². The van der Waals surface area contributed by atoms with Crippen molar-refractivity contribution in [3.63, 3.8) is 0 Å². The molecule has 0 saturated heterocycles. The molecule has 3 aromatic rings. The molecule has 1 N–H and O–H groups in total. The summed E-state index contributed by atoms with van der Waals surface area (Å²) in [4.78, 5) is 15.9. The molecule has 0 saturated carbocycles. The van der Waals surface area contributed by atoms with Crippen LogP contribution < -0.4 is 5.43 Å². The average Bonchev–Trinajstić information content (AvgIpc) is 3.04. The van der Waals surface area contributed by atoms with Crippen molar-refractivity contribution < 1.29 is 9.21 Å². The molecule has 0 unspecified atom stereocenters. The summed E-state index contributed by atoms with van der Waals surface area (Å²) in [7, 11) is 0. The lowest BCUT2D eigenvalue weighted by Crippen LogP contribution is -2.17. The molecule has 24 heavy (non-hydrogen) atoms. The van der Waals surface area contributed by atoms with Crippen LogP contribution in [0.4, 0.5) is 0 Å². The molecular formula is C17H11Br2N3O2. The molecule has 2 aromatic heterocycles. The monoisotopic (exact) mass is 447 g/mol. The molecule has 0 fully saturated rings. The number of carbonyl (C=O) groups is 1. The van der Waals surface area contributed by atoms with Gasteiger partial charge in [0.15, 0.2) is 0 Å². The summed E-state index contributed by atoms with van der Waals surface area (Å²) in [5.74, 6) is 0.923. The number of halogens is 2. The zero-order valence-electron chi connectivity index (χ0n) is 12.2. The summed E-state index contributed by atoms with van der Waals surface area (Å²) in [6, 6.07) is 13.1. The molecule has 0 aliphatic carbocycles. The smallest absolute Gasteiger partial charge is 0.272 e. The third kappa shape index (κ3) is 4.18. The Morgan fingerprint density at radius 1 is 1.08 bits per heavy atom. The predicted molar refractivity (Wildman–Crippen MR) is 98.8 cm³/mol. The molecule has 3 rings (SSSR count). The van der Waals surface area contributed by atoms with Gasteiger partial charge in [0.05, 0.1) is 11.8 Å². The number of hydrazone groups is 1. The van der Waals surface area contributed by atoms with E-state index >= 15 is 0 Å². The number of benzene rings is 1. The quantitative estimate of drug-likeness (QED) is 0.467. The Bertz CT molecular complexity index is 889. The van der Waals surface area contributed by atoms with Gasteiger partial charge in [-0.25, -0.2) is 5.43 Å². The molecule has 120 valence electrons. The van der Waals surface area contributed by atoms with Crippen LogP contribution in [0.2, 0.25) is 0 Å². The van der Waals surface area contributed by atoms with Crippen LogP contribution in [-0.4, -0.2) is 17.1 Å². The number of hydrogen-bond acceptors (Lipinski definition) is 4. The predicted octanol–water partition coefficient (Wildman–Crippen LogP) is 4.63. The van der Waals surface area contributed by atoms with Crippen molar-refractivity contribution in [2.75, 3.05) is 0 Å². The SMILES string of the molecule is O=C(N/N=C\c1ccc(-c2ccc(Br)cc2)o1)c1cncc(Br)c1. The number of rotatable bonds is 4. The van der Waals surface area contributed by atoms with Gasteiger partial charge >= 0.3 is 0 Å². The molecule has 7 heteroatoms. The average molecular weight is 449 g/mol. The molecule has 0 aliphatic rings. The standard InChI is InChI=1S/C17H11Br2N3O2/c18-13-3-1-11(2-4-13)16-6-5-15(24-16)10-21-22-17(23)12-7-14(19)9-20-8-12/h1-10H,(H,22,23)/b21-10-. The van der Waals surface area contributed by atoms with E-state index in [0.717, 1.165) is 20.3 Å². The second kappa shape index (κ2) is 7.55. The van der Waals surface area contributed by atoms with Crippen LogP contribution in [0.3, 0.4) is 0 Å². The Kier molecular flexibility index (Phi) is 5.22. The lowest BCUT2D eigenvalue weighted by molar-refractivity contribution is 0.0954. The van der Waals surface area contributed by atoms with E-state index in [4.69, 9.17) is 4.42 Å². The van der Waals surface area contributed by atoms with E-state index in [0.29, 0.717) is 11.3 Å². The van der Waals surface area contributed by atoms with E-state index in [1.165, 1.54) is 12.4 Å². The minimum Gasteiger partial charge on any atom is -0.455 e. The number of amides is 1. The van der Waals surface area contributed by atoms with Crippen molar-refractivity contribution in [1.29, 1.82) is 0 Å². The number of hydrogen-bond donors (Lipinski definition) is 1. The maximum absolute atomic E-state index is 11.9. The van der Waals surface area contributed by atoms with Crippen molar-refractivity contribution in [1.82, 2.24) is 10.4 Å². The molecule has 0 aliphatic heterocycles. The van der Waals surface area contributed by atoms with Gasteiger partial charge in [-0.15, -0.1) is 0 Å². The molecule has 1 amide bonds. The van der Waals surface area contributed by atoms with Crippen LogP contribution in [0.15, 0.2) is 73.3 Å². The van der Waals surface area contributed by atoms with Gasteiger partial charge in [-0.1, -0.05) is 28.1 Å². The minimum atomic E-state index is -0.347. The Hall–Kier alpha value is -2.25. The Morgan fingerprint density at radius 3 is 2.62 bits per heavy atom. The normalized spacial score (nSPS) is 10.9. The highest BCUT2D eigenvalue weighted by Crippen LogP contribution is 2.23. The minimum absolute atomic E-state index is 0.347. The number of nitrogens with one attached hydrogen (secondary N) is 1. The van der Waals surface area contributed by atoms with E-state index in [-0.39, 0.29) is 5.91 Å². The molecule has 0 spiro atoms. The van der Waals surface area contributed by atoms with Gasteiger partial charge in [-0.2, -0.15) is 5.10 Å². The van der Waals surface area contributed by atoms with Gasteiger partial charge in [-0.3, -0.25) is 9.78 Å². The van der Waals surface area contributed by atoms with Gasteiger partial charge in [0.25, 0.3) is 5.91 Å². The summed E-state index contributed by atoms with van der Waals surface area (Å²) in [6.45, 7) is 0. The van der Waals surface area contributed by atoms with Crippen molar-refractivity contribution in [2.45, 2.75) is 0 Å². The molecule has 0 atom stereocenters. The zero-order valence-corrected chi connectivity index (χ0v) is 15.4. The van der Waals surface area contributed by atoms with E-state index in [1.807, 2.05) is 30.3 Å². The second-order valence-electron chi connectivity index (χ2n) is 4.80. The first kappa shape index (κ1) is 16.6. The molecule has 0 bridgehead atoms. The first-order valence-corrected chi connectivity index (χ1v) is 8.50. The van der Waals surface area contributed by atoms with Gasteiger partial charge in [0.1, 0.15) is 11.5 Å². The topological polar surface area (TPSA) is 67.5 Å². The molecule has 5 nitrogen and oxygen atoms in total.